The van der Waals surface area contributed by atoms with E-state index >= 15 is 0 Å². The van der Waals surface area contributed by atoms with Crippen molar-refractivity contribution >= 4 is 11.6 Å². The molecule has 0 unspecified atom stereocenters. The Balaban J connectivity index is 1.52. The molecule has 0 atom stereocenters. The molecule has 1 aliphatic heterocycles. The second-order valence-electron chi connectivity index (χ2n) is 6.31. The molecule has 1 aliphatic rings. The summed E-state index contributed by atoms with van der Waals surface area (Å²) < 4.78 is 17.9. The Morgan fingerprint density at radius 3 is 2.82 bits per heavy atom. The quantitative estimate of drug-likeness (QED) is 0.518. The van der Waals surface area contributed by atoms with Crippen molar-refractivity contribution in [3.8, 4) is 40.2 Å². The van der Waals surface area contributed by atoms with Crippen LogP contribution in [0.25, 0.3) is 28.7 Å². The Kier molecular flexibility index (Phi) is 3.80. The lowest BCUT2D eigenvalue weighted by molar-refractivity contribution is 0.174. The van der Waals surface area contributed by atoms with Gasteiger partial charge < -0.3 is 14.0 Å². The maximum atomic E-state index is 6.23. The number of nitrogens with zero attached hydrogens (tertiary/aromatic N) is 5. The number of aromatic nitrogens is 5. The molecule has 0 spiro atoms. The molecule has 0 amide bonds. The van der Waals surface area contributed by atoms with Crippen LogP contribution in [0.1, 0.15) is 11.3 Å². The van der Waals surface area contributed by atoms with Crippen LogP contribution in [0.4, 0.5) is 0 Å². The first-order chi connectivity index (χ1) is 13.6. The number of rotatable bonds is 3. The number of hydrogen-bond donors (Lipinski definition) is 0. The van der Waals surface area contributed by atoms with Crippen molar-refractivity contribution in [3.05, 3.63) is 52.7 Å². The zero-order chi connectivity index (χ0) is 19.3. The second kappa shape index (κ2) is 6.35. The third-order valence-electron chi connectivity index (χ3n) is 4.62. The first-order valence-electron chi connectivity index (χ1n) is 8.53. The van der Waals surface area contributed by atoms with Crippen molar-refractivity contribution in [2.45, 2.75) is 13.8 Å². The summed E-state index contributed by atoms with van der Waals surface area (Å²) in [5.74, 6) is 2.07. The molecule has 9 heteroatoms. The SMILES string of the molecule is Cc1c(Cl)cccc1-n1nnc(-c2nc(-c3ccc4c(c3)OCO4)no2)c1C. The normalized spacial score (nSPS) is 12.5. The Bertz CT molecular complexity index is 1200. The highest BCUT2D eigenvalue weighted by atomic mass is 35.5. The summed E-state index contributed by atoms with van der Waals surface area (Å²) in [7, 11) is 0. The number of benzene rings is 2. The minimum Gasteiger partial charge on any atom is -0.454 e. The van der Waals surface area contributed by atoms with Crippen molar-refractivity contribution in [1.29, 1.82) is 0 Å². The van der Waals surface area contributed by atoms with E-state index in [0.717, 1.165) is 22.5 Å². The summed E-state index contributed by atoms with van der Waals surface area (Å²) in [6.07, 6.45) is 0. The van der Waals surface area contributed by atoms with Gasteiger partial charge in [0, 0.05) is 10.6 Å². The van der Waals surface area contributed by atoms with Crippen LogP contribution < -0.4 is 9.47 Å². The summed E-state index contributed by atoms with van der Waals surface area (Å²) >= 11 is 6.23. The second-order valence-corrected chi connectivity index (χ2v) is 6.72. The van der Waals surface area contributed by atoms with Gasteiger partial charge in [-0.2, -0.15) is 4.98 Å². The molecule has 0 saturated heterocycles. The van der Waals surface area contributed by atoms with Crippen LogP contribution in [0.3, 0.4) is 0 Å². The molecule has 4 aromatic rings. The lowest BCUT2D eigenvalue weighted by Crippen LogP contribution is -2.01. The van der Waals surface area contributed by atoms with Gasteiger partial charge in [0.2, 0.25) is 12.6 Å². The van der Waals surface area contributed by atoms with E-state index in [1.54, 1.807) is 4.68 Å². The molecule has 0 saturated carbocycles. The van der Waals surface area contributed by atoms with Gasteiger partial charge in [-0.3, -0.25) is 0 Å². The average molecular weight is 396 g/mol. The van der Waals surface area contributed by atoms with Crippen LogP contribution in [0, 0.1) is 13.8 Å². The van der Waals surface area contributed by atoms with Crippen LogP contribution >= 0.6 is 11.6 Å². The van der Waals surface area contributed by atoms with Crippen molar-refractivity contribution in [2.75, 3.05) is 6.79 Å². The van der Waals surface area contributed by atoms with Gasteiger partial charge in [0.1, 0.15) is 0 Å². The molecule has 0 bridgehead atoms. The Morgan fingerprint density at radius 2 is 1.93 bits per heavy atom. The van der Waals surface area contributed by atoms with Crippen LogP contribution in [0.2, 0.25) is 5.02 Å². The Morgan fingerprint density at radius 1 is 1.07 bits per heavy atom. The van der Waals surface area contributed by atoms with E-state index in [1.807, 2.05) is 50.2 Å². The molecule has 3 heterocycles. The van der Waals surface area contributed by atoms with Crippen LogP contribution in [0.15, 0.2) is 40.9 Å². The lowest BCUT2D eigenvalue weighted by Gasteiger charge is -2.08. The molecule has 8 nitrogen and oxygen atoms in total. The fourth-order valence-electron chi connectivity index (χ4n) is 3.05. The van der Waals surface area contributed by atoms with Crippen molar-refractivity contribution < 1.29 is 14.0 Å². The number of halogens is 1. The summed E-state index contributed by atoms with van der Waals surface area (Å²) in [5, 5.41) is 13.2. The minimum atomic E-state index is 0.210. The third kappa shape index (κ3) is 2.61. The van der Waals surface area contributed by atoms with E-state index in [2.05, 4.69) is 20.5 Å². The van der Waals surface area contributed by atoms with Crippen LogP contribution in [-0.2, 0) is 0 Å². The fraction of sp³-hybridized carbons (Fsp3) is 0.158. The van der Waals surface area contributed by atoms with Crippen molar-refractivity contribution in [1.82, 2.24) is 25.1 Å². The average Bonchev–Trinajstić information content (AvgIpc) is 3.42. The first kappa shape index (κ1) is 16.8. The van der Waals surface area contributed by atoms with Gasteiger partial charge in [-0.05, 0) is 49.7 Å². The minimum absolute atomic E-state index is 0.210. The monoisotopic (exact) mass is 395 g/mol. The van der Waals surface area contributed by atoms with Crippen molar-refractivity contribution in [3.63, 3.8) is 0 Å². The molecular formula is C19H14ClN5O3. The van der Waals surface area contributed by atoms with Gasteiger partial charge in [0.15, 0.2) is 17.2 Å². The number of ether oxygens (including phenoxy) is 2. The zero-order valence-corrected chi connectivity index (χ0v) is 15.8. The zero-order valence-electron chi connectivity index (χ0n) is 15.0. The Labute approximate surface area is 164 Å². The van der Waals surface area contributed by atoms with E-state index in [1.165, 1.54) is 0 Å². The van der Waals surface area contributed by atoms with E-state index in [9.17, 15) is 0 Å². The highest BCUT2D eigenvalue weighted by Crippen LogP contribution is 2.35. The molecule has 2 aromatic carbocycles. The van der Waals surface area contributed by atoms with Gasteiger partial charge in [0.25, 0.3) is 5.89 Å². The smallest absolute Gasteiger partial charge is 0.280 e. The largest absolute Gasteiger partial charge is 0.454 e. The van der Waals surface area contributed by atoms with Gasteiger partial charge >= 0.3 is 0 Å². The summed E-state index contributed by atoms with van der Waals surface area (Å²) in [5.41, 5.74) is 3.80. The standard InChI is InChI=1S/C19H14ClN5O3/c1-10-13(20)4-3-5-14(10)25-11(2)17(22-24-25)19-21-18(23-28-19)12-6-7-15-16(8-12)27-9-26-15/h3-8H,9H2,1-2H3. The maximum absolute atomic E-state index is 6.23. The first-order valence-corrected chi connectivity index (χ1v) is 8.91. The highest BCUT2D eigenvalue weighted by Gasteiger charge is 2.21. The third-order valence-corrected chi connectivity index (χ3v) is 5.03. The lowest BCUT2D eigenvalue weighted by atomic mass is 10.2. The fourth-order valence-corrected chi connectivity index (χ4v) is 3.22. The van der Waals surface area contributed by atoms with Gasteiger partial charge in [-0.25, -0.2) is 4.68 Å². The predicted molar refractivity (Wildman–Crippen MR) is 101 cm³/mol. The van der Waals surface area contributed by atoms with Gasteiger partial charge in [-0.1, -0.05) is 28.0 Å². The molecule has 2 aromatic heterocycles. The molecular weight excluding hydrogens is 382 g/mol. The van der Waals surface area contributed by atoms with Gasteiger partial charge in [-0.15, -0.1) is 5.10 Å². The van der Waals surface area contributed by atoms with Crippen LogP contribution in [0.5, 0.6) is 11.5 Å². The topological polar surface area (TPSA) is 88.1 Å². The number of fused-ring (bicyclic) bond motifs is 1. The van der Waals surface area contributed by atoms with Crippen LogP contribution in [-0.4, -0.2) is 31.9 Å². The molecule has 28 heavy (non-hydrogen) atoms. The molecule has 0 aliphatic carbocycles. The highest BCUT2D eigenvalue weighted by molar-refractivity contribution is 6.31. The van der Waals surface area contributed by atoms with E-state index < -0.39 is 0 Å². The summed E-state index contributed by atoms with van der Waals surface area (Å²) in [4.78, 5) is 4.47. The molecule has 5 rings (SSSR count). The summed E-state index contributed by atoms with van der Waals surface area (Å²) in [6.45, 7) is 4.03. The predicted octanol–water partition coefficient (Wildman–Crippen LogP) is 3.98. The van der Waals surface area contributed by atoms with E-state index in [4.69, 9.17) is 25.6 Å². The van der Waals surface area contributed by atoms with E-state index in [-0.39, 0.29) is 12.7 Å². The molecule has 140 valence electrons. The summed E-state index contributed by atoms with van der Waals surface area (Å²) in [6, 6.07) is 11.1. The molecule has 0 radical (unpaired) electrons. The van der Waals surface area contributed by atoms with Gasteiger partial charge in [0.05, 0.1) is 11.4 Å². The van der Waals surface area contributed by atoms with Crippen molar-refractivity contribution in [2.24, 2.45) is 0 Å². The maximum Gasteiger partial charge on any atom is 0.280 e. The molecule has 0 N–H and O–H groups in total. The Hall–Kier alpha value is -3.39. The number of hydrogen-bond acceptors (Lipinski definition) is 7. The van der Waals surface area contributed by atoms with E-state index in [0.29, 0.717) is 28.0 Å². The molecule has 0 fully saturated rings.